The van der Waals surface area contributed by atoms with Crippen molar-refractivity contribution in [2.24, 2.45) is 0 Å². The zero-order chi connectivity index (χ0) is 4.12. The summed E-state index contributed by atoms with van der Waals surface area (Å²) < 4.78 is 9.34. The minimum absolute atomic E-state index is 0.0189. The molecule has 0 aromatic heterocycles. The van der Waals surface area contributed by atoms with Crippen LogP contribution in [0.25, 0.3) is 0 Å². The summed E-state index contributed by atoms with van der Waals surface area (Å²) >= 11 is 0. The highest BCUT2D eigenvalue weighted by molar-refractivity contribution is 7.27. The van der Waals surface area contributed by atoms with Crippen LogP contribution in [-0.2, 0) is 4.57 Å². The Balaban J connectivity index is 3.31. The van der Waals surface area contributed by atoms with Gasteiger partial charge in [-0.1, -0.05) is 6.58 Å². The Kier molecular flexibility index (Phi) is 3.34. The summed E-state index contributed by atoms with van der Waals surface area (Å²) in [5, 5.41) is 0. The summed E-state index contributed by atoms with van der Waals surface area (Å²) in [7, 11) is -0.0189. The van der Waals surface area contributed by atoms with E-state index in [1.165, 1.54) is 5.82 Å². The first-order chi connectivity index (χ1) is 2.41. The maximum atomic E-state index is 9.34. The van der Waals surface area contributed by atoms with Gasteiger partial charge in [-0.15, -0.1) is 5.73 Å². The minimum Gasteiger partial charge on any atom is -0.269 e. The van der Waals surface area contributed by atoms with Gasteiger partial charge in [0.05, 0.1) is 0 Å². The molecule has 0 aliphatic heterocycles. The van der Waals surface area contributed by atoms with Crippen molar-refractivity contribution in [3.05, 3.63) is 18.1 Å². The SMILES string of the molecule is C=C=CP=O. The van der Waals surface area contributed by atoms with E-state index in [4.69, 9.17) is 0 Å². The molecule has 0 saturated carbocycles. The van der Waals surface area contributed by atoms with Crippen molar-refractivity contribution >= 4 is 8.46 Å². The molecule has 26 valence electrons. The average Bonchev–Trinajstić information content (AvgIpc) is 1.41. The lowest BCUT2D eigenvalue weighted by Crippen LogP contribution is -1.11. The molecule has 0 fully saturated rings. The van der Waals surface area contributed by atoms with Crippen molar-refractivity contribution in [2.75, 3.05) is 0 Å². The topological polar surface area (TPSA) is 17.1 Å². The lowest BCUT2D eigenvalue weighted by Gasteiger charge is -1.39. The molecule has 2 heteroatoms. The summed E-state index contributed by atoms with van der Waals surface area (Å²) in [6.07, 6.45) is 0. The molecule has 0 atom stereocenters. The average molecular weight is 86.0 g/mol. The normalized spacial score (nSPS) is 6.40. The van der Waals surface area contributed by atoms with Gasteiger partial charge in [0.1, 0.15) is 0 Å². The maximum Gasteiger partial charge on any atom is 0.192 e. The Hall–Kier alpha value is -0.380. The second-order valence-electron chi connectivity index (χ2n) is 0.439. The van der Waals surface area contributed by atoms with E-state index in [2.05, 4.69) is 12.3 Å². The van der Waals surface area contributed by atoms with E-state index in [9.17, 15) is 4.57 Å². The van der Waals surface area contributed by atoms with Crippen LogP contribution >= 0.6 is 8.46 Å². The fourth-order valence-corrected chi connectivity index (χ4v) is 0.112. The van der Waals surface area contributed by atoms with Crippen molar-refractivity contribution in [1.82, 2.24) is 0 Å². The molecular formula is C3H3OP. The molecule has 1 nitrogen and oxygen atoms in total. The van der Waals surface area contributed by atoms with E-state index in [0.29, 0.717) is 0 Å². The predicted molar refractivity (Wildman–Crippen MR) is 21.3 cm³/mol. The first kappa shape index (κ1) is 4.62. The summed E-state index contributed by atoms with van der Waals surface area (Å²) in [5.41, 5.74) is 2.32. The predicted octanol–water partition coefficient (Wildman–Crippen LogP) is 1.58. The quantitative estimate of drug-likeness (QED) is 0.349. The zero-order valence-electron chi connectivity index (χ0n) is 2.64. The molecule has 0 N–H and O–H groups in total. The Labute approximate surface area is 32.2 Å². The highest BCUT2D eigenvalue weighted by Crippen LogP contribution is 1.86. The van der Waals surface area contributed by atoms with Crippen molar-refractivity contribution < 1.29 is 4.57 Å². The van der Waals surface area contributed by atoms with Gasteiger partial charge in [-0.25, -0.2) is 0 Å². The molecule has 0 heterocycles. The van der Waals surface area contributed by atoms with Crippen molar-refractivity contribution in [1.29, 1.82) is 0 Å². The third-order valence-electron chi connectivity index (χ3n) is 0.144. The first-order valence-electron chi connectivity index (χ1n) is 1.08. The van der Waals surface area contributed by atoms with Crippen LogP contribution in [0, 0.1) is 0 Å². The van der Waals surface area contributed by atoms with Crippen LogP contribution in [0.3, 0.4) is 0 Å². The van der Waals surface area contributed by atoms with E-state index < -0.39 is 0 Å². The number of hydrogen-bond acceptors (Lipinski definition) is 1. The van der Waals surface area contributed by atoms with Crippen LogP contribution in [0.5, 0.6) is 0 Å². The fourth-order valence-electron chi connectivity index (χ4n) is 0.0373. The van der Waals surface area contributed by atoms with E-state index in [-0.39, 0.29) is 8.46 Å². The molecule has 0 unspecified atom stereocenters. The van der Waals surface area contributed by atoms with Crippen LogP contribution in [0.2, 0.25) is 0 Å². The van der Waals surface area contributed by atoms with Crippen LogP contribution in [0.15, 0.2) is 18.1 Å². The van der Waals surface area contributed by atoms with Gasteiger partial charge < -0.3 is 0 Å². The maximum absolute atomic E-state index is 9.34. The molecule has 0 aliphatic carbocycles. The number of hydrogen-bond donors (Lipinski definition) is 0. The molecule has 0 saturated heterocycles. The molecule has 0 aliphatic rings. The van der Waals surface area contributed by atoms with Gasteiger partial charge in [0, 0.05) is 5.82 Å². The fraction of sp³-hybridized carbons (Fsp3) is 0. The molecule has 0 spiro atoms. The van der Waals surface area contributed by atoms with Crippen LogP contribution in [0.4, 0.5) is 0 Å². The molecule has 0 radical (unpaired) electrons. The summed E-state index contributed by atoms with van der Waals surface area (Å²) in [6.45, 7) is 3.16. The lowest BCUT2D eigenvalue weighted by molar-refractivity contribution is 0.603. The largest absolute Gasteiger partial charge is 0.269 e. The Morgan fingerprint density at radius 3 is 2.60 bits per heavy atom. The molecule has 0 aromatic carbocycles. The Morgan fingerprint density at radius 2 is 2.60 bits per heavy atom. The summed E-state index contributed by atoms with van der Waals surface area (Å²) in [6, 6.07) is 0. The van der Waals surface area contributed by atoms with E-state index in [1.54, 1.807) is 0 Å². The second kappa shape index (κ2) is 3.62. The first-order valence-corrected chi connectivity index (χ1v) is 1.96. The van der Waals surface area contributed by atoms with Gasteiger partial charge in [0.25, 0.3) is 0 Å². The minimum atomic E-state index is -0.0189. The second-order valence-corrected chi connectivity index (χ2v) is 0.908. The van der Waals surface area contributed by atoms with Gasteiger partial charge in [-0.3, -0.25) is 4.57 Å². The highest BCUT2D eigenvalue weighted by Gasteiger charge is 1.47. The van der Waals surface area contributed by atoms with Crippen LogP contribution < -0.4 is 0 Å². The molecule has 0 bridgehead atoms. The van der Waals surface area contributed by atoms with Gasteiger partial charge in [-0.2, -0.15) is 0 Å². The van der Waals surface area contributed by atoms with Gasteiger partial charge >= 0.3 is 0 Å². The Morgan fingerprint density at radius 1 is 2.00 bits per heavy atom. The third kappa shape index (κ3) is 3.62. The van der Waals surface area contributed by atoms with E-state index in [0.717, 1.165) is 0 Å². The van der Waals surface area contributed by atoms with Gasteiger partial charge in [-0.05, 0) is 0 Å². The standard InChI is InChI=1S/C3H3OP/c1-2-3-5-4/h3H,1H2. The van der Waals surface area contributed by atoms with Crippen molar-refractivity contribution in [2.45, 2.75) is 0 Å². The lowest BCUT2D eigenvalue weighted by atomic mass is 11.0. The molecular weight excluding hydrogens is 83.0 g/mol. The number of rotatable bonds is 1. The van der Waals surface area contributed by atoms with Crippen LogP contribution in [-0.4, -0.2) is 0 Å². The molecule has 0 amide bonds. The zero-order valence-corrected chi connectivity index (χ0v) is 3.53. The third-order valence-corrected chi connectivity index (χ3v) is 0.432. The van der Waals surface area contributed by atoms with E-state index in [1.807, 2.05) is 0 Å². The van der Waals surface area contributed by atoms with Gasteiger partial charge in [0.2, 0.25) is 0 Å². The summed E-state index contributed by atoms with van der Waals surface area (Å²) in [5.74, 6) is 1.31. The van der Waals surface area contributed by atoms with E-state index >= 15 is 0 Å². The smallest absolute Gasteiger partial charge is 0.192 e. The Bertz CT molecular complexity index is 71.0. The molecule has 5 heavy (non-hydrogen) atoms. The summed E-state index contributed by atoms with van der Waals surface area (Å²) in [4.78, 5) is 0. The molecule has 0 aromatic rings. The van der Waals surface area contributed by atoms with Crippen molar-refractivity contribution in [3.8, 4) is 0 Å². The van der Waals surface area contributed by atoms with Gasteiger partial charge in [0.15, 0.2) is 8.46 Å². The van der Waals surface area contributed by atoms with Crippen LogP contribution in [0.1, 0.15) is 0 Å². The highest BCUT2D eigenvalue weighted by atomic mass is 31.1. The monoisotopic (exact) mass is 86.0 g/mol. The van der Waals surface area contributed by atoms with Crippen molar-refractivity contribution in [3.63, 3.8) is 0 Å². The molecule has 0 rings (SSSR count).